The van der Waals surface area contributed by atoms with Gasteiger partial charge in [-0.25, -0.2) is 17.9 Å². The molecule has 2 aliphatic heterocycles. The Kier molecular flexibility index (Phi) is 7.35. The quantitative estimate of drug-likeness (QED) is 0.186. The number of aromatic nitrogens is 6. The van der Waals surface area contributed by atoms with Gasteiger partial charge in [-0.15, -0.1) is 0 Å². The monoisotopic (exact) mass is 652 g/mol. The molecule has 13 heteroatoms. The standard InChI is InChI=1S/C35H31F3N8O2/c1-2-25-28(37)5-4-20-12-24(47)13-26(29(20)25)31-30(38)32-27(16-40-31)33(42-22-15-41-46(18-22)23-6-9-39-10-7-23)44-34(43-32)48-19-35-8-3-11-45(35)17-21(36)14-35/h4-7,9-10,12-13,15-16,18,21,47H,2-3,8,11,14,17,19H2,1H3,(H,42,43,44)/t21-,35+/m1/s1. The number of aromatic hydroxyl groups is 1. The molecule has 2 aromatic carbocycles. The zero-order valence-electron chi connectivity index (χ0n) is 26.0. The van der Waals surface area contributed by atoms with Gasteiger partial charge in [0.15, 0.2) is 5.82 Å². The maximum atomic E-state index is 16.8. The fraction of sp³-hybridized carbons (Fsp3) is 0.286. The van der Waals surface area contributed by atoms with Crippen molar-refractivity contribution in [2.75, 3.05) is 25.0 Å². The van der Waals surface area contributed by atoms with E-state index in [0.717, 1.165) is 25.1 Å². The molecule has 2 fully saturated rings. The van der Waals surface area contributed by atoms with Crippen molar-refractivity contribution in [2.45, 2.75) is 44.3 Å². The predicted octanol–water partition coefficient (Wildman–Crippen LogP) is 6.67. The number of pyridine rings is 2. The summed E-state index contributed by atoms with van der Waals surface area (Å²) in [7, 11) is 0. The Balaban J connectivity index is 1.25. The topological polar surface area (TPSA) is 114 Å². The number of aryl methyl sites for hydroxylation is 1. The molecule has 2 saturated heterocycles. The van der Waals surface area contributed by atoms with Crippen LogP contribution in [0.3, 0.4) is 0 Å². The largest absolute Gasteiger partial charge is 0.508 e. The minimum Gasteiger partial charge on any atom is -0.508 e. The van der Waals surface area contributed by atoms with E-state index >= 15 is 4.39 Å². The molecule has 2 N–H and O–H groups in total. The van der Waals surface area contributed by atoms with Crippen LogP contribution < -0.4 is 10.1 Å². The lowest BCUT2D eigenvalue weighted by Crippen LogP contribution is -2.43. The zero-order valence-corrected chi connectivity index (χ0v) is 26.0. The van der Waals surface area contributed by atoms with Gasteiger partial charge in [-0.05, 0) is 72.5 Å². The van der Waals surface area contributed by atoms with Crippen LogP contribution in [0.4, 0.5) is 24.7 Å². The van der Waals surface area contributed by atoms with E-state index in [0.29, 0.717) is 41.4 Å². The summed E-state index contributed by atoms with van der Waals surface area (Å²) >= 11 is 0. The van der Waals surface area contributed by atoms with Crippen molar-refractivity contribution in [3.05, 3.63) is 84.6 Å². The Labute approximate surface area is 273 Å². The summed E-state index contributed by atoms with van der Waals surface area (Å²) in [4.78, 5) is 19.8. The summed E-state index contributed by atoms with van der Waals surface area (Å²) in [6, 6.07) is 9.29. The molecule has 0 spiro atoms. The fourth-order valence-electron chi connectivity index (χ4n) is 7.23. The summed E-state index contributed by atoms with van der Waals surface area (Å²) in [5, 5.41) is 19.5. The molecule has 0 bridgehead atoms. The van der Waals surface area contributed by atoms with E-state index in [1.165, 1.54) is 24.4 Å². The number of ether oxygens (including phenoxy) is 1. The molecule has 8 rings (SSSR count). The van der Waals surface area contributed by atoms with Crippen molar-refractivity contribution in [1.29, 1.82) is 0 Å². The first-order chi connectivity index (χ1) is 23.3. The van der Waals surface area contributed by atoms with Gasteiger partial charge in [0.25, 0.3) is 0 Å². The Hall–Kier alpha value is -5.30. The number of halogens is 3. The number of rotatable bonds is 8. The van der Waals surface area contributed by atoms with Crippen LogP contribution in [0.15, 0.2) is 67.4 Å². The molecule has 2 atom stereocenters. The number of fused-ring (bicyclic) bond motifs is 3. The average Bonchev–Trinajstić information content (AvgIpc) is 3.79. The van der Waals surface area contributed by atoms with Crippen molar-refractivity contribution < 1.29 is 23.0 Å². The summed E-state index contributed by atoms with van der Waals surface area (Å²) in [5.74, 6) is -1.12. The first kappa shape index (κ1) is 30.1. The van der Waals surface area contributed by atoms with Crippen LogP contribution in [0.25, 0.3) is 38.6 Å². The van der Waals surface area contributed by atoms with E-state index in [1.807, 2.05) is 6.92 Å². The second kappa shape index (κ2) is 11.7. The van der Waals surface area contributed by atoms with Gasteiger partial charge in [0.05, 0.1) is 34.7 Å². The Morgan fingerprint density at radius 2 is 1.96 bits per heavy atom. The van der Waals surface area contributed by atoms with Gasteiger partial charge in [0.1, 0.15) is 41.4 Å². The summed E-state index contributed by atoms with van der Waals surface area (Å²) < 4.78 is 54.1. The van der Waals surface area contributed by atoms with Crippen molar-refractivity contribution in [3.63, 3.8) is 0 Å². The number of nitrogens with zero attached hydrogens (tertiary/aromatic N) is 7. The lowest BCUT2D eigenvalue weighted by Gasteiger charge is -2.30. The van der Waals surface area contributed by atoms with E-state index in [-0.39, 0.29) is 46.3 Å². The van der Waals surface area contributed by atoms with Gasteiger partial charge in [0, 0.05) is 37.1 Å². The van der Waals surface area contributed by atoms with Gasteiger partial charge >= 0.3 is 6.01 Å². The van der Waals surface area contributed by atoms with Crippen LogP contribution >= 0.6 is 0 Å². The van der Waals surface area contributed by atoms with Crippen molar-refractivity contribution in [2.24, 2.45) is 0 Å². The summed E-state index contributed by atoms with van der Waals surface area (Å²) in [6.45, 7) is 3.11. The third kappa shape index (κ3) is 5.14. The second-order valence-corrected chi connectivity index (χ2v) is 12.4. The van der Waals surface area contributed by atoms with Crippen LogP contribution in [-0.2, 0) is 6.42 Å². The third-order valence-electron chi connectivity index (χ3n) is 9.43. The summed E-state index contributed by atoms with van der Waals surface area (Å²) in [6.07, 6.45) is 9.57. The maximum Gasteiger partial charge on any atom is 0.319 e. The zero-order chi connectivity index (χ0) is 33.0. The minimum atomic E-state index is -0.943. The fourth-order valence-corrected chi connectivity index (χ4v) is 7.23. The van der Waals surface area contributed by atoms with Crippen LogP contribution in [0, 0.1) is 11.6 Å². The highest BCUT2D eigenvalue weighted by Gasteiger charge is 2.49. The van der Waals surface area contributed by atoms with E-state index in [2.05, 4.69) is 35.3 Å². The van der Waals surface area contributed by atoms with Crippen molar-refractivity contribution in [1.82, 2.24) is 34.6 Å². The smallest absolute Gasteiger partial charge is 0.319 e. The first-order valence-electron chi connectivity index (χ1n) is 15.9. The molecular formula is C35H31F3N8O2. The Morgan fingerprint density at radius 1 is 1.10 bits per heavy atom. The molecule has 6 aromatic rings. The lowest BCUT2D eigenvalue weighted by atomic mass is 9.94. The van der Waals surface area contributed by atoms with E-state index in [1.54, 1.807) is 47.7 Å². The Bertz CT molecular complexity index is 2180. The van der Waals surface area contributed by atoms with Crippen LogP contribution in [0.2, 0.25) is 0 Å². The molecular weight excluding hydrogens is 621 g/mol. The summed E-state index contributed by atoms with van der Waals surface area (Å²) in [5.41, 5.74) is 1.29. The highest BCUT2D eigenvalue weighted by atomic mass is 19.1. The normalized spacial score (nSPS) is 19.3. The Morgan fingerprint density at radius 3 is 2.79 bits per heavy atom. The first-order valence-corrected chi connectivity index (χ1v) is 15.9. The number of nitrogens with one attached hydrogen (secondary N) is 1. The van der Waals surface area contributed by atoms with Crippen molar-refractivity contribution >= 4 is 33.2 Å². The number of anilines is 2. The van der Waals surface area contributed by atoms with Gasteiger partial charge in [-0.3, -0.25) is 14.9 Å². The van der Waals surface area contributed by atoms with Gasteiger partial charge in [-0.2, -0.15) is 15.1 Å². The molecule has 6 heterocycles. The number of hydrogen-bond acceptors (Lipinski definition) is 9. The van der Waals surface area contributed by atoms with Crippen LogP contribution in [-0.4, -0.2) is 71.1 Å². The number of hydrogen-bond donors (Lipinski definition) is 2. The predicted molar refractivity (Wildman–Crippen MR) is 174 cm³/mol. The van der Waals surface area contributed by atoms with Gasteiger partial charge in [-0.1, -0.05) is 13.0 Å². The highest BCUT2D eigenvalue weighted by Crippen LogP contribution is 2.41. The molecule has 0 saturated carbocycles. The molecule has 0 unspecified atom stereocenters. The van der Waals surface area contributed by atoms with Gasteiger partial charge < -0.3 is 15.2 Å². The SMILES string of the molecule is CCc1c(F)ccc2cc(O)cc(-c3ncc4c(Nc5cnn(-c6ccncc6)c5)nc(OC[C@@]56CCCN5C[C@H](F)C6)nc4c3F)c12. The molecule has 244 valence electrons. The lowest BCUT2D eigenvalue weighted by molar-refractivity contribution is 0.107. The third-order valence-corrected chi connectivity index (χ3v) is 9.43. The molecule has 0 amide bonds. The minimum absolute atomic E-state index is 0.0875. The van der Waals surface area contributed by atoms with Crippen LogP contribution in [0.5, 0.6) is 11.8 Å². The molecule has 2 aliphatic rings. The molecule has 0 radical (unpaired) electrons. The van der Waals surface area contributed by atoms with E-state index in [9.17, 15) is 13.9 Å². The number of phenolic OH excluding ortho intramolecular Hbond substituents is 1. The molecule has 0 aliphatic carbocycles. The average molecular weight is 653 g/mol. The second-order valence-electron chi connectivity index (χ2n) is 12.4. The van der Waals surface area contributed by atoms with E-state index < -0.39 is 23.3 Å². The van der Waals surface area contributed by atoms with Crippen molar-refractivity contribution in [3.8, 4) is 28.7 Å². The van der Waals surface area contributed by atoms with Crippen LogP contribution in [0.1, 0.15) is 31.7 Å². The van der Waals surface area contributed by atoms with Gasteiger partial charge in [0.2, 0.25) is 0 Å². The molecule has 48 heavy (non-hydrogen) atoms. The van der Waals surface area contributed by atoms with E-state index in [4.69, 9.17) is 4.74 Å². The number of benzene rings is 2. The maximum absolute atomic E-state index is 16.8. The highest BCUT2D eigenvalue weighted by molar-refractivity contribution is 6.02. The number of alkyl halides is 1. The molecule has 10 nitrogen and oxygen atoms in total. The number of phenols is 1. The molecule has 4 aromatic heterocycles.